The first-order valence-electron chi connectivity index (χ1n) is 6.66. The molecule has 0 N–H and O–H groups in total. The normalized spacial score (nSPS) is 11.8. The van der Waals surface area contributed by atoms with Gasteiger partial charge in [0.15, 0.2) is 0 Å². The van der Waals surface area contributed by atoms with Gasteiger partial charge in [-0.05, 0) is 30.3 Å². The molecule has 0 saturated carbocycles. The zero-order valence-electron chi connectivity index (χ0n) is 11.6. The number of hydrogen-bond acceptors (Lipinski definition) is 2. The van der Waals surface area contributed by atoms with E-state index in [-0.39, 0.29) is 11.0 Å². The van der Waals surface area contributed by atoms with Crippen molar-refractivity contribution in [3.8, 4) is 5.69 Å². The molecule has 3 nitrogen and oxygen atoms in total. The fraction of sp³-hybridized carbons (Fsp3) is 0.125. The van der Waals surface area contributed by atoms with E-state index < -0.39 is 17.3 Å². The van der Waals surface area contributed by atoms with Gasteiger partial charge in [-0.1, -0.05) is 34.1 Å². The maximum Gasteiger partial charge on any atom is 0.416 e. The smallest absolute Gasteiger partial charge is 0.268 e. The maximum absolute atomic E-state index is 12.9. The monoisotopic (exact) mass is 382 g/mol. The third-order valence-corrected chi connectivity index (χ3v) is 3.90. The van der Waals surface area contributed by atoms with Gasteiger partial charge in [-0.3, -0.25) is 9.36 Å². The van der Waals surface area contributed by atoms with Crippen LogP contribution in [0.4, 0.5) is 13.2 Å². The van der Waals surface area contributed by atoms with Crippen molar-refractivity contribution in [1.29, 1.82) is 0 Å². The van der Waals surface area contributed by atoms with Crippen LogP contribution in [-0.2, 0) is 11.5 Å². The zero-order valence-corrected chi connectivity index (χ0v) is 13.2. The quantitative estimate of drug-likeness (QED) is 0.619. The average Bonchev–Trinajstić information content (AvgIpc) is 2.54. The minimum Gasteiger partial charge on any atom is -0.268 e. The van der Waals surface area contributed by atoms with Crippen molar-refractivity contribution in [2.75, 3.05) is 0 Å². The lowest BCUT2D eigenvalue weighted by atomic mass is 10.2. The van der Waals surface area contributed by atoms with E-state index in [2.05, 4.69) is 20.9 Å². The third kappa shape index (κ3) is 2.88. The molecule has 3 rings (SSSR count). The van der Waals surface area contributed by atoms with E-state index in [1.807, 2.05) is 0 Å². The van der Waals surface area contributed by atoms with Crippen LogP contribution in [0, 0.1) is 0 Å². The lowest BCUT2D eigenvalue weighted by molar-refractivity contribution is -0.137. The number of halogens is 4. The van der Waals surface area contributed by atoms with Crippen LogP contribution in [0.15, 0.2) is 53.3 Å². The van der Waals surface area contributed by atoms with Crippen LogP contribution in [0.25, 0.3) is 16.6 Å². The molecule has 0 bridgehead atoms. The van der Waals surface area contributed by atoms with E-state index in [1.54, 1.807) is 24.3 Å². The summed E-state index contributed by atoms with van der Waals surface area (Å²) in [7, 11) is 0. The van der Waals surface area contributed by atoms with Gasteiger partial charge < -0.3 is 0 Å². The molecular weight excluding hydrogens is 373 g/mol. The van der Waals surface area contributed by atoms with Crippen LogP contribution in [-0.4, -0.2) is 9.55 Å². The molecule has 0 aliphatic rings. The van der Waals surface area contributed by atoms with Crippen molar-refractivity contribution in [2.45, 2.75) is 11.5 Å². The second kappa shape index (κ2) is 5.81. The van der Waals surface area contributed by atoms with Crippen LogP contribution in [0.2, 0.25) is 0 Å². The Kier molecular flexibility index (Phi) is 3.97. The van der Waals surface area contributed by atoms with Gasteiger partial charge in [-0.2, -0.15) is 13.2 Å². The summed E-state index contributed by atoms with van der Waals surface area (Å²) >= 11 is 3.24. The largest absolute Gasteiger partial charge is 0.416 e. The molecule has 0 fully saturated rings. The second-order valence-electron chi connectivity index (χ2n) is 4.87. The molecule has 2 aromatic carbocycles. The second-order valence-corrected chi connectivity index (χ2v) is 5.43. The van der Waals surface area contributed by atoms with Gasteiger partial charge in [0.05, 0.1) is 27.5 Å². The molecular formula is C16H10BrF3N2O. The average molecular weight is 383 g/mol. The van der Waals surface area contributed by atoms with Gasteiger partial charge in [0.2, 0.25) is 0 Å². The summed E-state index contributed by atoms with van der Waals surface area (Å²) < 4.78 is 39.9. The molecule has 3 aromatic rings. The summed E-state index contributed by atoms with van der Waals surface area (Å²) in [5.41, 5.74) is -0.562. The van der Waals surface area contributed by atoms with Crippen molar-refractivity contribution in [3.05, 3.63) is 70.3 Å². The molecule has 0 aliphatic heterocycles. The van der Waals surface area contributed by atoms with Crippen LogP contribution >= 0.6 is 15.9 Å². The Balaban J connectivity index is 2.32. The predicted octanol–water partition coefficient (Wildman–Crippen LogP) is 4.30. The Hall–Kier alpha value is -2.15. The fourth-order valence-corrected chi connectivity index (χ4v) is 2.73. The number of nitrogens with zero attached hydrogens (tertiary/aromatic N) is 2. The number of aromatic nitrogens is 2. The van der Waals surface area contributed by atoms with Gasteiger partial charge in [0.1, 0.15) is 5.82 Å². The predicted molar refractivity (Wildman–Crippen MR) is 85.0 cm³/mol. The minimum atomic E-state index is -4.47. The first-order valence-corrected chi connectivity index (χ1v) is 7.78. The van der Waals surface area contributed by atoms with Crippen LogP contribution < -0.4 is 5.56 Å². The van der Waals surface area contributed by atoms with E-state index in [1.165, 1.54) is 16.7 Å². The van der Waals surface area contributed by atoms with Crippen molar-refractivity contribution in [2.24, 2.45) is 0 Å². The molecule has 1 aromatic heterocycles. The molecule has 7 heteroatoms. The highest BCUT2D eigenvalue weighted by atomic mass is 79.9. The molecule has 23 heavy (non-hydrogen) atoms. The highest BCUT2D eigenvalue weighted by Gasteiger charge is 2.30. The Morgan fingerprint density at radius 2 is 1.83 bits per heavy atom. The van der Waals surface area contributed by atoms with E-state index >= 15 is 0 Å². The van der Waals surface area contributed by atoms with Crippen LogP contribution in [0.5, 0.6) is 0 Å². The summed E-state index contributed by atoms with van der Waals surface area (Å²) in [4.78, 5) is 17.0. The van der Waals surface area contributed by atoms with Crippen molar-refractivity contribution in [1.82, 2.24) is 9.55 Å². The third-order valence-electron chi connectivity index (χ3n) is 3.40. The number of alkyl halides is 4. The van der Waals surface area contributed by atoms with E-state index in [9.17, 15) is 18.0 Å². The molecule has 118 valence electrons. The van der Waals surface area contributed by atoms with Gasteiger partial charge in [-0.15, -0.1) is 0 Å². The minimum absolute atomic E-state index is 0.137. The summed E-state index contributed by atoms with van der Waals surface area (Å²) in [6.45, 7) is 0. The molecule has 1 heterocycles. The first kappa shape index (κ1) is 15.7. The van der Waals surface area contributed by atoms with E-state index in [4.69, 9.17) is 0 Å². The number of rotatable bonds is 2. The fourth-order valence-electron chi connectivity index (χ4n) is 2.36. The summed E-state index contributed by atoms with van der Waals surface area (Å²) in [5.74, 6) is 0.341. The lowest BCUT2D eigenvalue weighted by Gasteiger charge is -2.14. The molecule has 0 unspecified atom stereocenters. The van der Waals surface area contributed by atoms with Gasteiger partial charge in [-0.25, -0.2) is 4.98 Å². The molecule has 0 amide bonds. The summed E-state index contributed by atoms with van der Waals surface area (Å²) in [5, 5.41) is 0.596. The van der Waals surface area contributed by atoms with Crippen molar-refractivity contribution < 1.29 is 13.2 Å². The maximum atomic E-state index is 12.9. The molecule has 0 radical (unpaired) electrons. The zero-order chi connectivity index (χ0) is 16.6. The number of benzene rings is 2. The van der Waals surface area contributed by atoms with Gasteiger partial charge >= 0.3 is 6.18 Å². The van der Waals surface area contributed by atoms with Gasteiger partial charge in [0.25, 0.3) is 5.56 Å². The topological polar surface area (TPSA) is 34.9 Å². The first-order chi connectivity index (χ1) is 10.9. The molecule has 0 saturated heterocycles. The van der Waals surface area contributed by atoms with Gasteiger partial charge in [0, 0.05) is 0 Å². The van der Waals surface area contributed by atoms with Crippen LogP contribution in [0.1, 0.15) is 11.4 Å². The SMILES string of the molecule is O=c1c2ccccc2nc(CBr)n1-c1cccc(C(F)(F)F)c1. The number of para-hydroxylation sites is 1. The van der Waals surface area contributed by atoms with Crippen LogP contribution in [0.3, 0.4) is 0 Å². The highest BCUT2D eigenvalue weighted by molar-refractivity contribution is 9.08. The number of fused-ring (bicyclic) bond motifs is 1. The standard InChI is InChI=1S/C16H10BrF3N2O/c17-9-14-21-13-7-2-1-6-12(13)15(23)22(14)11-5-3-4-10(8-11)16(18,19)20/h1-8H,9H2. The Morgan fingerprint density at radius 3 is 2.52 bits per heavy atom. The highest BCUT2D eigenvalue weighted by Crippen LogP contribution is 2.30. The molecule has 0 aliphatic carbocycles. The number of hydrogen-bond donors (Lipinski definition) is 0. The molecule has 0 atom stereocenters. The Morgan fingerprint density at radius 1 is 1.09 bits per heavy atom. The van der Waals surface area contributed by atoms with E-state index in [0.717, 1.165) is 12.1 Å². The van der Waals surface area contributed by atoms with E-state index in [0.29, 0.717) is 16.7 Å². The lowest BCUT2D eigenvalue weighted by Crippen LogP contribution is -2.23. The summed E-state index contributed by atoms with van der Waals surface area (Å²) in [6, 6.07) is 11.4. The molecule has 0 spiro atoms. The van der Waals surface area contributed by atoms with Crippen molar-refractivity contribution in [3.63, 3.8) is 0 Å². The Bertz CT molecular complexity index is 934. The van der Waals surface area contributed by atoms with Crippen molar-refractivity contribution >= 4 is 26.8 Å². The summed E-state index contributed by atoms with van der Waals surface area (Å²) in [6.07, 6.45) is -4.47. The Labute approximate surface area is 137 Å².